The molecule has 0 aliphatic rings. The Hall–Kier alpha value is -1.77. The van der Waals surface area contributed by atoms with Gasteiger partial charge < -0.3 is 5.32 Å². The highest BCUT2D eigenvalue weighted by Crippen LogP contribution is 2.21. The molecule has 0 radical (unpaired) electrons. The Labute approximate surface area is 109 Å². The largest absolute Gasteiger partial charge is 0.356 e. The first kappa shape index (κ1) is 12.7. The molecule has 0 saturated heterocycles. The third kappa shape index (κ3) is 2.55. The van der Waals surface area contributed by atoms with E-state index in [0.717, 1.165) is 31.0 Å². The third-order valence-corrected chi connectivity index (χ3v) is 2.93. The molecule has 0 aliphatic heterocycles. The summed E-state index contributed by atoms with van der Waals surface area (Å²) < 4.78 is 2.16. The Morgan fingerprint density at radius 1 is 1.22 bits per heavy atom. The summed E-state index contributed by atoms with van der Waals surface area (Å²) in [6, 6.07) is 8.54. The van der Waals surface area contributed by atoms with Crippen LogP contribution in [0.25, 0.3) is 5.69 Å². The van der Waals surface area contributed by atoms with Gasteiger partial charge in [0.1, 0.15) is 0 Å². The minimum atomic E-state index is 0.881. The number of nitrogens with zero attached hydrogens (tertiary/aromatic N) is 2. The number of nitrogens with one attached hydrogen (secondary N) is 1. The second-order valence-electron chi connectivity index (χ2n) is 4.48. The molecule has 0 amide bonds. The number of benzene rings is 1. The summed E-state index contributed by atoms with van der Waals surface area (Å²) in [5.74, 6) is 0.929. The standard InChI is InChI=1S/C15H21N3/c1-4-8-13-9-6-7-10-14(13)18-11-12(3)17-15(18)16-5-2/h6-7,9-11H,4-5,8H2,1-3H3,(H,16,17). The van der Waals surface area contributed by atoms with Crippen molar-refractivity contribution in [2.45, 2.75) is 33.6 Å². The van der Waals surface area contributed by atoms with Gasteiger partial charge in [-0.3, -0.25) is 4.57 Å². The van der Waals surface area contributed by atoms with Crippen molar-refractivity contribution in [2.75, 3.05) is 11.9 Å². The van der Waals surface area contributed by atoms with Crippen LogP contribution in [0.1, 0.15) is 31.5 Å². The van der Waals surface area contributed by atoms with Crippen LogP contribution >= 0.6 is 0 Å². The summed E-state index contributed by atoms with van der Waals surface area (Å²) in [6.07, 6.45) is 4.34. The molecule has 1 N–H and O–H groups in total. The van der Waals surface area contributed by atoms with Crippen molar-refractivity contribution in [3.8, 4) is 5.69 Å². The summed E-state index contributed by atoms with van der Waals surface area (Å²) >= 11 is 0. The van der Waals surface area contributed by atoms with Crippen LogP contribution < -0.4 is 5.32 Å². The first-order valence-electron chi connectivity index (χ1n) is 6.64. The van der Waals surface area contributed by atoms with Crippen LogP contribution in [0.5, 0.6) is 0 Å². The Kier molecular flexibility index (Phi) is 4.03. The van der Waals surface area contributed by atoms with Gasteiger partial charge in [0.25, 0.3) is 0 Å². The number of anilines is 1. The summed E-state index contributed by atoms with van der Waals surface area (Å²) in [4.78, 5) is 4.53. The first-order chi connectivity index (χ1) is 8.76. The average molecular weight is 243 g/mol. The maximum Gasteiger partial charge on any atom is 0.207 e. The summed E-state index contributed by atoms with van der Waals surface area (Å²) in [5.41, 5.74) is 3.64. The van der Waals surface area contributed by atoms with Gasteiger partial charge in [-0.1, -0.05) is 31.5 Å². The second-order valence-corrected chi connectivity index (χ2v) is 4.48. The summed E-state index contributed by atoms with van der Waals surface area (Å²) in [7, 11) is 0. The quantitative estimate of drug-likeness (QED) is 0.870. The molecule has 0 aliphatic carbocycles. The molecule has 0 spiro atoms. The monoisotopic (exact) mass is 243 g/mol. The molecular weight excluding hydrogens is 222 g/mol. The van der Waals surface area contributed by atoms with Crippen LogP contribution in [0, 0.1) is 6.92 Å². The van der Waals surface area contributed by atoms with E-state index in [4.69, 9.17) is 0 Å². The van der Waals surface area contributed by atoms with E-state index in [2.05, 4.69) is 59.2 Å². The van der Waals surface area contributed by atoms with Crippen LogP contribution in [-0.2, 0) is 6.42 Å². The van der Waals surface area contributed by atoms with Gasteiger partial charge in [-0.25, -0.2) is 4.98 Å². The maximum atomic E-state index is 4.53. The van der Waals surface area contributed by atoms with Crippen LogP contribution in [0.3, 0.4) is 0 Å². The zero-order chi connectivity index (χ0) is 13.0. The number of rotatable bonds is 5. The highest BCUT2D eigenvalue weighted by molar-refractivity contribution is 5.48. The molecule has 1 aromatic carbocycles. The van der Waals surface area contributed by atoms with Gasteiger partial charge in [0, 0.05) is 12.7 Å². The van der Waals surface area contributed by atoms with E-state index >= 15 is 0 Å². The third-order valence-electron chi connectivity index (χ3n) is 2.93. The van der Waals surface area contributed by atoms with Crippen molar-refractivity contribution in [3.63, 3.8) is 0 Å². The first-order valence-corrected chi connectivity index (χ1v) is 6.64. The predicted octanol–water partition coefficient (Wildman–Crippen LogP) is 3.57. The van der Waals surface area contributed by atoms with Crippen LogP contribution in [-0.4, -0.2) is 16.1 Å². The Morgan fingerprint density at radius 2 is 2.00 bits per heavy atom. The minimum Gasteiger partial charge on any atom is -0.356 e. The molecule has 18 heavy (non-hydrogen) atoms. The molecule has 0 atom stereocenters. The molecule has 2 aromatic rings. The molecule has 0 bridgehead atoms. The lowest BCUT2D eigenvalue weighted by atomic mass is 10.1. The van der Waals surface area contributed by atoms with E-state index in [9.17, 15) is 0 Å². The van der Waals surface area contributed by atoms with E-state index in [1.165, 1.54) is 11.3 Å². The van der Waals surface area contributed by atoms with Crippen molar-refractivity contribution in [2.24, 2.45) is 0 Å². The number of aromatic nitrogens is 2. The number of imidazole rings is 1. The number of aryl methyl sites for hydroxylation is 2. The summed E-state index contributed by atoms with van der Waals surface area (Å²) in [5, 5.41) is 3.32. The predicted molar refractivity (Wildman–Crippen MR) is 76.5 cm³/mol. The number of para-hydroxylation sites is 1. The van der Waals surface area contributed by atoms with Gasteiger partial charge in [0.05, 0.1) is 11.4 Å². The minimum absolute atomic E-state index is 0.881. The lowest BCUT2D eigenvalue weighted by Crippen LogP contribution is -2.06. The van der Waals surface area contributed by atoms with E-state index in [0.29, 0.717) is 0 Å². The van der Waals surface area contributed by atoms with Crippen LogP contribution in [0.4, 0.5) is 5.95 Å². The topological polar surface area (TPSA) is 29.9 Å². The Bertz CT molecular complexity index is 514. The van der Waals surface area contributed by atoms with E-state index in [1.54, 1.807) is 0 Å². The molecule has 3 nitrogen and oxygen atoms in total. The van der Waals surface area contributed by atoms with Gasteiger partial charge in [-0.05, 0) is 31.9 Å². The van der Waals surface area contributed by atoms with Gasteiger partial charge in [0.15, 0.2) is 0 Å². The van der Waals surface area contributed by atoms with Crippen molar-refractivity contribution in [1.29, 1.82) is 0 Å². The molecule has 1 heterocycles. The maximum absolute atomic E-state index is 4.53. The molecule has 0 unspecified atom stereocenters. The fourth-order valence-corrected chi connectivity index (χ4v) is 2.19. The Balaban J connectivity index is 2.47. The van der Waals surface area contributed by atoms with Gasteiger partial charge >= 0.3 is 0 Å². The zero-order valence-corrected chi connectivity index (χ0v) is 11.4. The SMILES string of the molecule is CCCc1ccccc1-n1cc(C)nc1NCC. The Morgan fingerprint density at radius 3 is 2.72 bits per heavy atom. The highest BCUT2D eigenvalue weighted by atomic mass is 15.2. The molecular formula is C15H21N3. The van der Waals surface area contributed by atoms with Crippen LogP contribution in [0.2, 0.25) is 0 Å². The zero-order valence-electron chi connectivity index (χ0n) is 11.4. The normalized spacial score (nSPS) is 10.6. The lowest BCUT2D eigenvalue weighted by Gasteiger charge is -2.12. The smallest absolute Gasteiger partial charge is 0.207 e. The molecule has 2 rings (SSSR count). The van der Waals surface area contributed by atoms with E-state index in [-0.39, 0.29) is 0 Å². The van der Waals surface area contributed by atoms with E-state index in [1.807, 2.05) is 6.92 Å². The van der Waals surface area contributed by atoms with Crippen molar-refractivity contribution >= 4 is 5.95 Å². The van der Waals surface area contributed by atoms with Crippen molar-refractivity contribution in [3.05, 3.63) is 41.7 Å². The second kappa shape index (κ2) is 5.71. The van der Waals surface area contributed by atoms with Gasteiger partial charge in [-0.15, -0.1) is 0 Å². The fourth-order valence-electron chi connectivity index (χ4n) is 2.19. The fraction of sp³-hybridized carbons (Fsp3) is 0.400. The summed E-state index contributed by atoms with van der Waals surface area (Å²) in [6.45, 7) is 7.21. The number of hydrogen-bond donors (Lipinski definition) is 1. The molecule has 96 valence electrons. The van der Waals surface area contributed by atoms with Crippen LogP contribution in [0.15, 0.2) is 30.5 Å². The van der Waals surface area contributed by atoms with Crippen molar-refractivity contribution in [1.82, 2.24) is 9.55 Å². The van der Waals surface area contributed by atoms with E-state index < -0.39 is 0 Å². The molecule has 0 fully saturated rings. The highest BCUT2D eigenvalue weighted by Gasteiger charge is 2.09. The van der Waals surface area contributed by atoms with Crippen molar-refractivity contribution < 1.29 is 0 Å². The molecule has 1 aromatic heterocycles. The average Bonchev–Trinajstić information content (AvgIpc) is 2.72. The number of hydrogen-bond acceptors (Lipinski definition) is 2. The molecule has 0 saturated carbocycles. The molecule has 3 heteroatoms. The van der Waals surface area contributed by atoms with Gasteiger partial charge in [-0.2, -0.15) is 0 Å². The van der Waals surface area contributed by atoms with Gasteiger partial charge in [0.2, 0.25) is 5.95 Å². The lowest BCUT2D eigenvalue weighted by molar-refractivity contribution is 0.897.